The largest absolute Gasteiger partial charge is 0.366 e. The SMILES string of the molecule is Cc1ccccc1CNc1cc2n[nH]c(=O)n2cn1. The van der Waals surface area contributed by atoms with Crippen LogP contribution in [0.2, 0.25) is 0 Å². The zero-order valence-corrected chi connectivity index (χ0v) is 10.4. The summed E-state index contributed by atoms with van der Waals surface area (Å²) in [5.41, 5.74) is 2.70. The first-order valence-corrected chi connectivity index (χ1v) is 5.95. The lowest BCUT2D eigenvalue weighted by molar-refractivity contribution is 0.989. The fraction of sp³-hybridized carbons (Fsp3) is 0.154. The van der Waals surface area contributed by atoms with Crippen molar-refractivity contribution in [1.82, 2.24) is 19.6 Å². The summed E-state index contributed by atoms with van der Waals surface area (Å²) in [5, 5.41) is 9.50. The molecule has 1 aromatic carbocycles. The number of nitrogens with zero attached hydrogens (tertiary/aromatic N) is 3. The Hall–Kier alpha value is -2.63. The normalized spacial score (nSPS) is 10.8. The van der Waals surface area contributed by atoms with Crippen LogP contribution in [0.15, 0.2) is 41.5 Å². The average molecular weight is 255 g/mol. The maximum Gasteiger partial charge on any atom is 0.348 e. The quantitative estimate of drug-likeness (QED) is 0.740. The minimum Gasteiger partial charge on any atom is -0.366 e. The topological polar surface area (TPSA) is 75.1 Å². The molecule has 0 saturated heterocycles. The highest BCUT2D eigenvalue weighted by Crippen LogP contribution is 2.10. The molecule has 6 heteroatoms. The number of nitrogens with one attached hydrogen (secondary N) is 2. The van der Waals surface area contributed by atoms with E-state index in [-0.39, 0.29) is 5.69 Å². The third-order valence-electron chi connectivity index (χ3n) is 3.03. The summed E-state index contributed by atoms with van der Waals surface area (Å²) >= 11 is 0. The Balaban J connectivity index is 1.82. The summed E-state index contributed by atoms with van der Waals surface area (Å²) < 4.78 is 1.36. The van der Waals surface area contributed by atoms with Crippen LogP contribution in [0, 0.1) is 6.92 Å². The van der Waals surface area contributed by atoms with Gasteiger partial charge in [-0.15, -0.1) is 0 Å². The number of hydrogen-bond acceptors (Lipinski definition) is 4. The Labute approximate surface area is 109 Å². The van der Waals surface area contributed by atoms with E-state index in [1.807, 2.05) is 12.1 Å². The maximum atomic E-state index is 11.3. The molecule has 19 heavy (non-hydrogen) atoms. The van der Waals surface area contributed by atoms with Crippen molar-refractivity contribution in [3.8, 4) is 0 Å². The standard InChI is InChI=1S/C13H13N5O/c1-9-4-2-3-5-10(9)7-14-11-6-12-16-17-13(19)18(12)8-15-11/h2-6,8,14H,7H2,1H3,(H,17,19). The van der Waals surface area contributed by atoms with Crippen molar-refractivity contribution in [2.24, 2.45) is 0 Å². The number of anilines is 1. The molecule has 2 N–H and O–H groups in total. The van der Waals surface area contributed by atoms with E-state index in [1.165, 1.54) is 21.9 Å². The monoisotopic (exact) mass is 255 g/mol. The highest BCUT2D eigenvalue weighted by atomic mass is 16.1. The van der Waals surface area contributed by atoms with Gasteiger partial charge in [-0.25, -0.2) is 19.3 Å². The molecule has 3 rings (SSSR count). The van der Waals surface area contributed by atoms with Crippen molar-refractivity contribution < 1.29 is 0 Å². The molecule has 0 aliphatic heterocycles. The zero-order chi connectivity index (χ0) is 13.2. The summed E-state index contributed by atoms with van der Waals surface area (Å²) in [6, 6.07) is 9.89. The second kappa shape index (κ2) is 4.56. The second-order valence-electron chi connectivity index (χ2n) is 4.31. The number of H-pyrrole nitrogens is 1. The van der Waals surface area contributed by atoms with Gasteiger partial charge in [-0.3, -0.25) is 0 Å². The van der Waals surface area contributed by atoms with Crippen molar-refractivity contribution in [3.05, 3.63) is 58.3 Å². The van der Waals surface area contributed by atoms with E-state index in [0.29, 0.717) is 18.0 Å². The fourth-order valence-corrected chi connectivity index (χ4v) is 1.90. The summed E-state index contributed by atoms with van der Waals surface area (Å²) in [5.74, 6) is 0.690. The molecular weight excluding hydrogens is 242 g/mol. The van der Waals surface area contributed by atoms with Gasteiger partial charge in [0.15, 0.2) is 5.65 Å². The van der Waals surface area contributed by atoms with Crippen molar-refractivity contribution in [2.75, 3.05) is 5.32 Å². The summed E-state index contributed by atoms with van der Waals surface area (Å²) in [4.78, 5) is 15.5. The van der Waals surface area contributed by atoms with Gasteiger partial charge in [-0.2, -0.15) is 5.10 Å². The molecule has 0 spiro atoms. The third kappa shape index (κ3) is 2.20. The summed E-state index contributed by atoms with van der Waals surface area (Å²) in [6.07, 6.45) is 1.46. The van der Waals surface area contributed by atoms with E-state index < -0.39 is 0 Å². The first kappa shape index (κ1) is 11.5. The van der Waals surface area contributed by atoms with Crippen molar-refractivity contribution in [3.63, 3.8) is 0 Å². The Morgan fingerprint density at radius 3 is 3.05 bits per heavy atom. The number of hydrogen-bond donors (Lipinski definition) is 2. The number of aromatic amines is 1. The van der Waals surface area contributed by atoms with Gasteiger partial charge >= 0.3 is 5.69 Å². The molecule has 2 heterocycles. The molecule has 0 amide bonds. The third-order valence-corrected chi connectivity index (χ3v) is 3.03. The van der Waals surface area contributed by atoms with E-state index in [9.17, 15) is 4.79 Å². The predicted octanol–water partition coefficient (Wildman–Crippen LogP) is 1.34. The van der Waals surface area contributed by atoms with Crippen molar-refractivity contribution in [2.45, 2.75) is 13.5 Å². The molecule has 6 nitrogen and oxygen atoms in total. The molecule has 0 unspecified atom stereocenters. The van der Waals surface area contributed by atoms with Crippen LogP contribution in [0.1, 0.15) is 11.1 Å². The lowest BCUT2D eigenvalue weighted by atomic mass is 10.1. The summed E-state index contributed by atoms with van der Waals surface area (Å²) in [6.45, 7) is 2.76. The molecule has 0 atom stereocenters. The van der Waals surface area contributed by atoms with Crippen molar-refractivity contribution in [1.29, 1.82) is 0 Å². The van der Waals surface area contributed by atoms with E-state index in [0.717, 1.165) is 0 Å². The minimum atomic E-state index is -0.284. The molecular formula is C13H13N5O. The second-order valence-corrected chi connectivity index (χ2v) is 4.31. The molecule has 0 radical (unpaired) electrons. The smallest absolute Gasteiger partial charge is 0.348 e. The Bertz CT molecular complexity index is 774. The van der Waals surface area contributed by atoms with E-state index in [4.69, 9.17) is 0 Å². The van der Waals surface area contributed by atoms with E-state index in [2.05, 4.69) is 39.6 Å². The molecule has 0 bridgehead atoms. The van der Waals surface area contributed by atoms with Crippen LogP contribution in [0.25, 0.3) is 5.65 Å². The van der Waals surface area contributed by atoms with Crippen LogP contribution in [-0.2, 0) is 6.54 Å². The molecule has 3 aromatic rings. The van der Waals surface area contributed by atoms with Gasteiger partial charge < -0.3 is 5.32 Å². The molecule has 2 aromatic heterocycles. The number of aryl methyl sites for hydroxylation is 1. The van der Waals surface area contributed by atoms with E-state index in [1.54, 1.807) is 6.07 Å². The lowest BCUT2D eigenvalue weighted by Gasteiger charge is -2.07. The molecule has 0 aliphatic carbocycles. The zero-order valence-electron chi connectivity index (χ0n) is 10.4. The van der Waals surface area contributed by atoms with Gasteiger partial charge in [-0.1, -0.05) is 24.3 Å². The first-order valence-electron chi connectivity index (χ1n) is 5.95. The van der Waals surface area contributed by atoms with Gasteiger partial charge in [0.25, 0.3) is 0 Å². The first-order chi connectivity index (χ1) is 9.24. The molecule has 0 saturated carbocycles. The number of rotatable bonds is 3. The van der Waals surface area contributed by atoms with Gasteiger partial charge in [0.1, 0.15) is 12.1 Å². The number of fused-ring (bicyclic) bond motifs is 1. The van der Waals surface area contributed by atoms with Gasteiger partial charge in [0, 0.05) is 12.6 Å². The van der Waals surface area contributed by atoms with Crippen LogP contribution in [-0.4, -0.2) is 19.6 Å². The lowest BCUT2D eigenvalue weighted by Crippen LogP contribution is -2.10. The van der Waals surface area contributed by atoms with Gasteiger partial charge in [0.05, 0.1) is 0 Å². The average Bonchev–Trinajstić information content (AvgIpc) is 2.79. The van der Waals surface area contributed by atoms with Crippen LogP contribution in [0.3, 0.4) is 0 Å². The van der Waals surface area contributed by atoms with Crippen LogP contribution in [0.5, 0.6) is 0 Å². The summed E-state index contributed by atoms with van der Waals surface area (Å²) in [7, 11) is 0. The van der Waals surface area contributed by atoms with Crippen LogP contribution >= 0.6 is 0 Å². The highest BCUT2D eigenvalue weighted by molar-refractivity contribution is 5.48. The highest BCUT2D eigenvalue weighted by Gasteiger charge is 2.02. The number of aromatic nitrogens is 4. The van der Waals surface area contributed by atoms with Gasteiger partial charge in [0.2, 0.25) is 0 Å². The Kier molecular flexibility index (Phi) is 2.75. The molecule has 0 fully saturated rings. The van der Waals surface area contributed by atoms with Crippen molar-refractivity contribution >= 4 is 11.5 Å². The van der Waals surface area contributed by atoms with Gasteiger partial charge in [-0.05, 0) is 18.1 Å². The molecule has 0 aliphatic rings. The van der Waals surface area contributed by atoms with Crippen LogP contribution < -0.4 is 11.0 Å². The Morgan fingerprint density at radius 2 is 2.21 bits per heavy atom. The fourth-order valence-electron chi connectivity index (χ4n) is 1.90. The Morgan fingerprint density at radius 1 is 1.37 bits per heavy atom. The van der Waals surface area contributed by atoms with E-state index >= 15 is 0 Å². The minimum absolute atomic E-state index is 0.284. The number of benzene rings is 1. The predicted molar refractivity (Wildman–Crippen MR) is 72.1 cm³/mol. The van der Waals surface area contributed by atoms with Crippen LogP contribution in [0.4, 0.5) is 5.82 Å². The molecule has 96 valence electrons. The maximum absolute atomic E-state index is 11.3.